The minimum atomic E-state index is -1.17. The molecule has 3 aromatic rings. The van der Waals surface area contributed by atoms with Gasteiger partial charge in [0.2, 0.25) is 0 Å². The normalized spacial score (nSPS) is 14.6. The monoisotopic (exact) mass is 561 g/mol. The number of methoxy groups -OCH3 is 1. The maximum atomic E-state index is 12.3. The van der Waals surface area contributed by atoms with E-state index in [9.17, 15) is 14.7 Å². The van der Waals surface area contributed by atoms with Crippen LogP contribution >= 0.6 is 0 Å². The number of carboxylic acid groups (broad SMARTS) is 1. The van der Waals surface area contributed by atoms with Crippen molar-refractivity contribution in [2.24, 2.45) is 5.92 Å². The molecule has 1 amide bonds. The molecule has 1 aromatic carbocycles. The zero-order valence-corrected chi connectivity index (χ0v) is 24.0. The van der Waals surface area contributed by atoms with Crippen molar-refractivity contribution in [2.45, 2.75) is 51.9 Å². The molecule has 0 bridgehead atoms. The topological polar surface area (TPSA) is 138 Å². The van der Waals surface area contributed by atoms with Crippen molar-refractivity contribution in [1.82, 2.24) is 20.3 Å². The van der Waals surface area contributed by atoms with E-state index in [2.05, 4.69) is 63.5 Å². The number of aromatic nitrogens is 3. The van der Waals surface area contributed by atoms with E-state index in [-0.39, 0.29) is 11.4 Å². The molecule has 1 atom stereocenters. The molecule has 0 radical (unpaired) electrons. The molecule has 1 aliphatic rings. The van der Waals surface area contributed by atoms with E-state index < -0.39 is 18.4 Å². The Morgan fingerprint density at radius 3 is 2.49 bits per heavy atom. The van der Waals surface area contributed by atoms with Crippen molar-refractivity contribution >= 4 is 17.6 Å². The zero-order valence-electron chi connectivity index (χ0n) is 24.0. The lowest BCUT2D eigenvalue weighted by molar-refractivity contribution is -0.135. The van der Waals surface area contributed by atoms with Crippen molar-refractivity contribution in [3.63, 3.8) is 0 Å². The molecule has 0 saturated carbocycles. The summed E-state index contributed by atoms with van der Waals surface area (Å²) in [4.78, 5) is 38.8. The molecule has 218 valence electrons. The van der Waals surface area contributed by atoms with Gasteiger partial charge in [0.1, 0.15) is 12.4 Å². The molecule has 0 spiro atoms. The number of anilines is 1. The minimum Gasteiger partial charge on any atom is -0.504 e. The fourth-order valence-electron chi connectivity index (χ4n) is 5.18. The summed E-state index contributed by atoms with van der Waals surface area (Å²) >= 11 is 0. The first-order chi connectivity index (χ1) is 19.7. The van der Waals surface area contributed by atoms with Crippen molar-refractivity contribution in [3.8, 4) is 17.0 Å². The second-order valence-corrected chi connectivity index (χ2v) is 10.7. The van der Waals surface area contributed by atoms with Gasteiger partial charge in [0.25, 0.3) is 5.91 Å². The van der Waals surface area contributed by atoms with Gasteiger partial charge < -0.3 is 25.2 Å². The molecule has 3 heterocycles. The van der Waals surface area contributed by atoms with Gasteiger partial charge in [0.15, 0.2) is 11.4 Å². The van der Waals surface area contributed by atoms with Gasteiger partial charge in [-0.15, -0.1) is 0 Å². The molecule has 2 aromatic heterocycles. The van der Waals surface area contributed by atoms with Gasteiger partial charge in [-0.1, -0.05) is 25.1 Å². The van der Waals surface area contributed by atoms with E-state index in [0.717, 1.165) is 56.6 Å². The quantitative estimate of drug-likeness (QED) is 0.275. The van der Waals surface area contributed by atoms with Crippen LogP contribution in [0.1, 0.15) is 66.1 Å². The molecule has 10 heteroatoms. The Hall–Kier alpha value is -4.05. The summed E-state index contributed by atoms with van der Waals surface area (Å²) in [6.45, 7) is 5.85. The van der Waals surface area contributed by atoms with Crippen LogP contribution in [-0.2, 0) is 16.0 Å². The van der Waals surface area contributed by atoms with Gasteiger partial charge >= 0.3 is 5.97 Å². The smallest absolute Gasteiger partial charge is 0.322 e. The Kier molecular flexibility index (Phi) is 10.2. The van der Waals surface area contributed by atoms with E-state index in [4.69, 9.17) is 14.8 Å². The number of rotatable bonds is 12. The Morgan fingerprint density at radius 2 is 1.85 bits per heavy atom. The second-order valence-electron chi connectivity index (χ2n) is 10.7. The lowest BCUT2D eigenvalue weighted by atomic mass is 9.92. The average molecular weight is 562 g/mol. The lowest BCUT2D eigenvalue weighted by Gasteiger charge is -2.33. The summed E-state index contributed by atoms with van der Waals surface area (Å²) in [5.74, 6) is -0.958. The van der Waals surface area contributed by atoms with E-state index in [1.54, 1.807) is 14.0 Å². The fourth-order valence-corrected chi connectivity index (χ4v) is 5.18. The highest BCUT2D eigenvalue weighted by Crippen LogP contribution is 2.29. The molecule has 0 aliphatic carbocycles. The molecule has 1 fully saturated rings. The number of carboxylic acids is 1. The van der Waals surface area contributed by atoms with E-state index in [1.165, 1.54) is 11.3 Å². The van der Waals surface area contributed by atoms with Gasteiger partial charge in [-0.3, -0.25) is 14.6 Å². The molecular formula is C31H39N5O5. The molecule has 10 nitrogen and oxygen atoms in total. The largest absolute Gasteiger partial charge is 0.504 e. The third-order valence-electron chi connectivity index (χ3n) is 7.67. The lowest BCUT2D eigenvalue weighted by Crippen LogP contribution is -2.34. The number of piperidine rings is 1. The van der Waals surface area contributed by atoms with Crippen molar-refractivity contribution < 1.29 is 24.5 Å². The third-order valence-corrected chi connectivity index (χ3v) is 7.67. The highest BCUT2D eigenvalue weighted by molar-refractivity contribution is 5.96. The summed E-state index contributed by atoms with van der Waals surface area (Å²) in [5.41, 5.74) is 4.58. The first-order valence-corrected chi connectivity index (χ1v) is 14.1. The summed E-state index contributed by atoms with van der Waals surface area (Å²) in [6.07, 6.45) is 6.57. The Morgan fingerprint density at radius 1 is 1.12 bits per heavy atom. The van der Waals surface area contributed by atoms with Crippen molar-refractivity contribution in [2.75, 3.05) is 38.3 Å². The molecule has 1 aliphatic heterocycles. The molecule has 1 saturated heterocycles. The van der Waals surface area contributed by atoms with Gasteiger partial charge in [-0.2, -0.15) is 0 Å². The number of hydrogen-bond acceptors (Lipinski definition) is 8. The summed E-state index contributed by atoms with van der Waals surface area (Å²) in [6, 6.07) is 12.8. The van der Waals surface area contributed by atoms with Gasteiger partial charge in [0.05, 0.1) is 11.4 Å². The highest BCUT2D eigenvalue weighted by atomic mass is 16.5. The van der Waals surface area contributed by atoms with Crippen LogP contribution in [0.5, 0.6) is 5.75 Å². The van der Waals surface area contributed by atoms with Gasteiger partial charge in [-0.05, 0) is 68.2 Å². The van der Waals surface area contributed by atoms with Gasteiger partial charge in [0, 0.05) is 50.7 Å². The van der Waals surface area contributed by atoms with Crippen LogP contribution in [0.4, 0.5) is 5.69 Å². The Balaban J connectivity index is 1.31. The first kappa shape index (κ1) is 29.9. The maximum Gasteiger partial charge on any atom is 0.322 e. The van der Waals surface area contributed by atoms with Crippen molar-refractivity contribution in [1.29, 1.82) is 0 Å². The number of benzene rings is 1. The average Bonchev–Trinajstić information content (AvgIpc) is 2.98. The fraction of sp³-hybridized carbons (Fsp3) is 0.452. The highest BCUT2D eigenvalue weighted by Gasteiger charge is 2.23. The summed E-state index contributed by atoms with van der Waals surface area (Å²) in [5, 5.41) is 21.3. The standard InChI is InChI=1S/C31H39N5O5/c1-20(5-4-16-41-3)24-8-11-26(32-18-24)23-6-9-25(10-7-23)36-14-12-22(13-15-36)17-27-34-21(2)30(39)29(35-27)31(40)33-19-28(37)38/h6-11,18,20,22,39H,4-5,12-17,19H2,1-3H3,(H,33,40)(H,37,38). The number of aliphatic carboxylic acids is 1. The maximum absolute atomic E-state index is 12.3. The minimum absolute atomic E-state index is 0.188. The summed E-state index contributed by atoms with van der Waals surface area (Å²) in [7, 11) is 1.73. The number of carbonyl (C=O) groups is 2. The van der Waals surface area contributed by atoms with E-state index in [0.29, 0.717) is 29.8 Å². The van der Waals surface area contributed by atoms with E-state index in [1.807, 2.05) is 6.20 Å². The van der Waals surface area contributed by atoms with Crippen LogP contribution in [0.15, 0.2) is 42.6 Å². The number of pyridine rings is 1. The SMILES string of the molecule is COCCCC(C)c1ccc(-c2ccc(N3CCC(Cc4nc(C)c(O)c(C(=O)NCC(=O)O)n4)CC3)cc2)nc1. The van der Waals surface area contributed by atoms with Crippen LogP contribution in [0.25, 0.3) is 11.3 Å². The van der Waals surface area contributed by atoms with Crippen LogP contribution in [0, 0.1) is 12.8 Å². The number of aromatic hydroxyl groups is 1. The number of nitrogens with one attached hydrogen (secondary N) is 1. The van der Waals surface area contributed by atoms with Crippen molar-refractivity contribution in [3.05, 3.63) is 65.4 Å². The van der Waals surface area contributed by atoms with Gasteiger partial charge in [-0.25, -0.2) is 9.97 Å². The molecule has 1 unspecified atom stereocenters. The number of amides is 1. The predicted octanol–water partition coefficient (Wildman–Crippen LogP) is 4.36. The number of nitrogens with zero attached hydrogens (tertiary/aromatic N) is 4. The predicted molar refractivity (Wildman–Crippen MR) is 156 cm³/mol. The van der Waals surface area contributed by atoms with Crippen LogP contribution in [-0.4, -0.2) is 70.4 Å². The first-order valence-electron chi connectivity index (χ1n) is 14.1. The molecule has 41 heavy (non-hydrogen) atoms. The number of carbonyl (C=O) groups excluding carboxylic acids is 1. The van der Waals surface area contributed by atoms with Crippen LogP contribution in [0.2, 0.25) is 0 Å². The molecule has 4 rings (SSSR count). The Labute approximate surface area is 240 Å². The molecular weight excluding hydrogens is 522 g/mol. The zero-order chi connectivity index (χ0) is 29.4. The summed E-state index contributed by atoms with van der Waals surface area (Å²) < 4.78 is 5.16. The molecule has 3 N–H and O–H groups in total. The number of aryl methyl sites for hydroxylation is 1. The number of ether oxygens (including phenoxy) is 1. The van der Waals surface area contributed by atoms with E-state index >= 15 is 0 Å². The van der Waals surface area contributed by atoms with Crippen LogP contribution in [0.3, 0.4) is 0 Å². The Bertz CT molecular complexity index is 1320. The number of hydrogen-bond donors (Lipinski definition) is 3. The van der Waals surface area contributed by atoms with Crippen LogP contribution < -0.4 is 10.2 Å². The second kappa shape index (κ2) is 14.0. The third kappa shape index (κ3) is 8.00.